The van der Waals surface area contributed by atoms with Gasteiger partial charge >= 0.3 is 13.8 Å². The van der Waals surface area contributed by atoms with Crippen molar-refractivity contribution in [1.29, 1.82) is 0 Å². The van der Waals surface area contributed by atoms with Crippen LogP contribution in [0.15, 0.2) is 85.1 Å². The lowest BCUT2D eigenvalue weighted by Crippen LogP contribution is -2.28. The predicted molar refractivity (Wildman–Crippen MR) is 201 cm³/mol. The highest BCUT2D eigenvalue weighted by atomic mass is 31.2. The zero-order chi connectivity index (χ0) is 35.2. The number of phosphoric ester groups is 1. The second-order valence-electron chi connectivity index (χ2n) is 11.3. The molecule has 0 aliphatic heterocycles. The Kier molecular flexibility index (Phi) is 34.2. The van der Waals surface area contributed by atoms with E-state index >= 15 is 0 Å². The smallest absolute Gasteiger partial charge is 0.457 e. The van der Waals surface area contributed by atoms with Crippen LogP contribution in [0.4, 0.5) is 0 Å². The van der Waals surface area contributed by atoms with Gasteiger partial charge in [-0.1, -0.05) is 125 Å². The summed E-state index contributed by atoms with van der Waals surface area (Å²) >= 11 is 0. The Labute approximate surface area is 292 Å². The van der Waals surface area contributed by atoms with E-state index in [2.05, 4.69) is 92.8 Å². The van der Waals surface area contributed by atoms with Crippen molar-refractivity contribution in [2.45, 2.75) is 123 Å². The van der Waals surface area contributed by atoms with Crippen LogP contribution in [0.25, 0.3) is 0 Å². The summed E-state index contributed by atoms with van der Waals surface area (Å²) in [7, 11) is -4.30. The minimum atomic E-state index is -4.30. The molecular weight excluding hydrogens is 625 g/mol. The minimum Gasteiger partial charge on any atom is -0.457 e. The van der Waals surface area contributed by atoms with E-state index < -0.39 is 13.9 Å². The van der Waals surface area contributed by atoms with Gasteiger partial charge in [0.25, 0.3) is 0 Å². The first-order chi connectivity index (χ1) is 23.4. The van der Waals surface area contributed by atoms with Crippen molar-refractivity contribution in [2.75, 3.05) is 33.0 Å². The quantitative estimate of drug-likeness (QED) is 0.0302. The maximum atomic E-state index is 12.5. The number of carbonyl (C=O) groups is 1. The highest BCUT2D eigenvalue weighted by Gasteiger charge is 2.25. The second kappa shape index (κ2) is 36.0. The van der Waals surface area contributed by atoms with Crippen molar-refractivity contribution < 1.29 is 32.8 Å². The number of hydrogen-bond donors (Lipinski definition) is 2. The monoisotopic (exact) mass is 691 g/mol. The van der Waals surface area contributed by atoms with Gasteiger partial charge in [-0.15, -0.1) is 0 Å². The van der Waals surface area contributed by atoms with E-state index in [4.69, 9.17) is 24.3 Å². The van der Waals surface area contributed by atoms with Gasteiger partial charge in [0.1, 0.15) is 6.10 Å². The SMILES string of the molecule is CC/C=C\C/C=C\C/C=C\C/C=C\C/C=C\CCOCC(COP(=O)(O)OCCN)OC(=O)CCCCCCC/C=C\C/C=C\CCC. The maximum Gasteiger partial charge on any atom is 0.472 e. The summed E-state index contributed by atoms with van der Waals surface area (Å²) in [6, 6.07) is 0. The van der Waals surface area contributed by atoms with E-state index in [9.17, 15) is 14.3 Å². The Morgan fingerprint density at radius 3 is 1.75 bits per heavy atom. The largest absolute Gasteiger partial charge is 0.472 e. The topological polar surface area (TPSA) is 117 Å². The van der Waals surface area contributed by atoms with Crippen LogP contribution in [0.3, 0.4) is 0 Å². The van der Waals surface area contributed by atoms with E-state index in [1.807, 2.05) is 6.08 Å². The number of phosphoric acid groups is 1. The Morgan fingerprint density at radius 2 is 1.17 bits per heavy atom. The standard InChI is InChI=1S/C39H66NO7P/c1-3-5-7-9-11-13-15-17-18-19-21-23-25-27-29-31-34-44-36-38(37-46-48(42,43)45-35-33-40)47-39(41)32-30-28-26-24-22-20-16-14-12-10-8-6-4-2/h5,7-8,10-11,13-14,16-18,21,23,27,29,38H,3-4,6,9,12,15,19-20,22,24-26,28,30-37,40H2,1-2H3,(H,42,43)/b7-5-,10-8-,13-11-,16-14-,18-17-,23-21-,29-27-. The summed E-state index contributed by atoms with van der Waals surface area (Å²) in [5, 5.41) is 0. The molecule has 0 radical (unpaired) electrons. The van der Waals surface area contributed by atoms with Crippen LogP contribution in [0.1, 0.15) is 117 Å². The molecule has 2 unspecified atom stereocenters. The normalized spacial score (nSPS) is 14.7. The van der Waals surface area contributed by atoms with Gasteiger partial charge in [0.2, 0.25) is 0 Å². The molecule has 0 bridgehead atoms. The Bertz CT molecular complexity index is 1000. The van der Waals surface area contributed by atoms with E-state index in [0.717, 1.165) is 83.5 Å². The molecule has 0 saturated heterocycles. The van der Waals surface area contributed by atoms with Gasteiger partial charge < -0.3 is 20.1 Å². The molecule has 0 saturated carbocycles. The predicted octanol–water partition coefficient (Wildman–Crippen LogP) is 10.2. The fourth-order valence-electron chi connectivity index (χ4n) is 4.21. The van der Waals surface area contributed by atoms with Gasteiger partial charge in [-0.25, -0.2) is 4.57 Å². The van der Waals surface area contributed by atoms with Crippen LogP contribution in [-0.4, -0.2) is 49.9 Å². The molecule has 48 heavy (non-hydrogen) atoms. The molecule has 0 rings (SSSR count). The molecule has 0 aliphatic rings. The Hall–Kier alpha value is -2.32. The van der Waals surface area contributed by atoms with Crippen molar-refractivity contribution in [1.82, 2.24) is 0 Å². The van der Waals surface area contributed by atoms with Gasteiger partial charge in [0, 0.05) is 13.0 Å². The third kappa shape index (κ3) is 35.0. The van der Waals surface area contributed by atoms with E-state index in [0.29, 0.717) is 13.0 Å². The number of hydrogen-bond acceptors (Lipinski definition) is 7. The third-order valence-electron chi connectivity index (χ3n) is 6.80. The summed E-state index contributed by atoms with van der Waals surface area (Å²) in [6.45, 7) is 4.45. The van der Waals surface area contributed by atoms with Crippen molar-refractivity contribution >= 4 is 13.8 Å². The molecule has 0 fully saturated rings. The van der Waals surface area contributed by atoms with Crippen molar-refractivity contribution in [3.05, 3.63) is 85.1 Å². The van der Waals surface area contributed by atoms with Crippen LogP contribution in [0, 0.1) is 0 Å². The number of allylic oxidation sites excluding steroid dienone is 13. The highest BCUT2D eigenvalue weighted by Crippen LogP contribution is 2.43. The number of ether oxygens (including phenoxy) is 2. The zero-order valence-electron chi connectivity index (χ0n) is 29.9. The van der Waals surface area contributed by atoms with Crippen LogP contribution in [0.2, 0.25) is 0 Å². The van der Waals surface area contributed by atoms with Crippen LogP contribution in [-0.2, 0) is 27.9 Å². The molecule has 8 nitrogen and oxygen atoms in total. The second-order valence-corrected chi connectivity index (χ2v) is 12.8. The lowest BCUT2D eigenvalue weighted by molar-refractivity contribution is -0.154. The van der Waals surface area contributed by atoms with Gasteiger partial charge in [-0.2, -0.15) is 0 Å². The number of carbonyl (C=O) groups excluding carboxylic acids is 1. The Morgan fingerprint density at radius 1 is 0.646 bits per heavy atom. The number of nitrogens with two attached hydrogens (primary N) is 1. The molecule has 0 aromatic rings. The molecule has 0 spiro atoms. The number of esters is 1. The maximum absolute atomic E-state index is 12.5. The molecule has 0 aromatic heterocycles. The van der Waals surface area contributed by atoms with Crippen molar-refractivity contribution in [2.24, 2.45) is 5.73 Å². The molecule has 9 heteroatoms. The summed E-state index contributed by atoms with van der Waals surface area (Å²) in [5.41, 5.74) is 5.34. The lowest BCUT2D eigenvalue weighted by Gasteiger charge is -2.19. The number of rotatable bonds is 33. The van der Waals surface area contributed by atoms with Crippen LogP contribution < -0.4 is 5.73 Å². The average Bonchev–Trinajstić information content (AvgIpc) is 3.07. The van der Waals surface area contributed by atoms with E-state index in [1.165, 1.54) is 6.42 Å². The molecule has 2 atom stereocenters. The molecular formula is C39H66NO7P. The van der Waals surface area contributed by atoms with Crippen molar-refractivity contribution in [3.63, 3.8) is 0 Å². The van der Waals surface area contributed by atoms with E-state index in [-0.39, 0.29) is 38.8 Å². The first-order valence-electron chi connectivity index (χ1n) is 18.1. The first kappa shape index (κ1) is 45.7. The molecule has 3 N–H and O–H groups in total. The lowest BCUT2D eigenvalue weighted by atomic mass is 10.1. The van der Waals surface area contributed by atoms with Gasteiger partial charge in [-0.05, 0) is 70.6 Å². The van der Waals surface area contributed by atoms with Crippen molar-refractivity contribution in [3.8, 4) is 0 Å². The molecule has 0 heterocycles. The van der Waals surface area contributed by atoms with Gasteiger partial charge in [-0.3, -0.25) is 13.8 Å². The third-order valence-corrected chi connectivity index (χ3v) is 7.78. The number of unbranched alkanes of at least 4 members (excludes halogenated alkanes) is 6. The molecule has 0 amide bonds. The Balaban J connectivity index is 4.30. The summed E-state index contributed by atoms with van der Waals surface area (Å²) in [6.07, 6.45) is 44.8. The first-order valence-corrected chi connectivity index (χ1v) is 19.6. The molecule has 0 aromatic carbocycles. The summed E-state index contributed by atoms with van der Waals surface area (Å²) in [5.74, 6) is -0.375. The van der Waals surface area contributed by atoms with Crippen LogP contribution in [0.5, 0.6) is 0 Å². The fraction of sp³-hybridized carbons (Fsp3) is 0.615. The van der Waals surface area contributed by atoms with Gasteiger partial charge in [0.15, 0.2) is 0 Å². The van der Waals surface area contributed by atoms with Gasteiger partial charge in [0.05, 0.1) is 26.4 Å². The molecule has 0 aliphatic carbocycles. The summed E-state index contributed by atoms with van der Waals surface area (Å²) in [4.78, 5) is 22.3. The average molecular weight is 692 g/mol. The van der Waals surface area contributed by atoms with E-state index in [1.54, 1.807) is 0 Å². The highest BCUT2D eigenvalue weighted by molar-refractivity contribution is 7.47. The fourth-order valence-corrected chi connectivity index (χ4v) is 4.98. The minimum absolute atomic E-state index is 0.0508. The summed E-state index contributed by atoms with van der Waals surface area (Å²) < 4.78 is 33.1. The zero-order valence-corrected chi connectivity index (χ0v) is 30.8. The van der Waals surface area contributed by atoms with Crippen LogP contribution >= 0.6 is 7.82 Å². The molecule has 274 valence electrons.